The Kier molecular flexibility index (Phi) is 4.18. The predicted octanol–water partition coefficient (Wildman–Crippen LogP) is 5.00. The third kappa shape index (κ3) is 3.58. The van der Waals surface area contributed by atoms with Crippen molar-refractivity contribution in [2.45, 2.75) is 39.3 Å². The topological polar surface area (TPSA) is 21.3 Å². The molecule has 110 valence electrons. The van der Waals surface area contributed by atoms with Gasteiger partial charge in [-0.1, -0.05) is 29.8 Å². The highest BCUT2D eigenvalue weighted by Gasteiger charge is 2.20. The summed E-state index contributed by atoms with van der Waals surface area (Å²) in [6.07, 6.45) is 2.58. The van der Waals surface area contributed by atoms with Crippen LogP contribution < -0.4 is 10.1 Å². The molecule has 21 heavy (non-hydrogen) atoms. The Morgan fingerprint density at radius 2 is 1.81 bits per heavy atom. The number of rotatable bonds is 5. The van der Waals surface area contributed by atoms with Crippen molar-refractivity contribution < 1.29 is 4.74 Å². The van der Waals surface area contributed by atoms with E-state index in [0.29, 0.717) is 6.04 Å². The molecule has 0 saturated heterocycles. The summed E-state index contributed by atoms with van der Waals surface area (Å²) in [5, 5.41) is 4.34. The molecule has 0 radical (unpaired) electrons. The summed E-state index contributed by atoms with van der Waals surface area (Å²) in [6, 6.07) is 12.9. The SMILES string of the molecule is Cc1cc(Oc2ccccc2CNC2CC2)cc(C)c1Cl. The second-order valence-corrected chi connectivity index (χ2v) is 6.11. The molecule has 1 aliphatic rings. The van der Waals surface area contributed by atoms with Crippen molar-refractivity contribution >= 4 is 11.6 Å². The second kappa shape index (κ2) is 6.08. The molecule has 0 unspecified atom stereocenters. The van der Waals surface area contributed by atoms with Crippen LogP contribution in [-0.4, -0.2) is 6.04 Å². The molecule has 0 bridgehead atoms. The summed E-state index contributed by atoms with van der Waals surface area (Å²) in [4.78, 5) is 0. The fourth-order valence-electron chi connectivity index (χ4n) is 2.38. The lowest BCUT2D eigenvalue weighted by Crippen LogP contribution is -2.15. The largest absolute Gasteiger partial charge is 0.457 e. The van der Waals surface area contributed by atoms with Gasteiger partial charge in [0.05, 0.1) is 0 Å². The van der Waals surface area contributed by atoms with Gasteiger partial charge in [-0.05, 0) is 56.0 Å². The first-order valence-corrected chi connectivity index (χ1v) is 7.77. The Bertz CT molecular complexity index is 626. The third-order valence-electron chi connectivity index (χ3n) is 3.77. The number of ether oxygens (including phenoxy) is 1. The maximum atomic E-state index is 6.21. The molecule has 1 saturated carbocycles. The van der Waals surface area contributed by atoms with Crippen molar-refractivity contribution in [3.63, 3.8) is 0 Å². The van der Waals surface area contributed by atoms with Crippen LogP contribution in [0.2, 0.25) is 5.02 Å². The van der Waals surface area contributed by atoms with E-state index in [1.807, 2.05) is 38.1 Å². The number of benzene rings is 2. The molecule has 1 aliphatic carbocycles. The normalized spacial score (nSPS) is 14.2. The van der Waals surface area contributed by atoms with Crippen LogP contribution in [0.3, 0.4) is 0 Å². The van der Waals surface area contributed by atoms with Gasteiger partial charge in [-0.15, -0.1) is 0 Å². The fourth-order valence-corrected chi connectivity index (χ4v) is 2.49. The van der Waals surface area contributed by atoms with Gasteiger partial charge in [-0.2, -0.15) is 0 Å². The van der Waals surface area contributed by atoms with Crippen molar-refractivity contribution in [1.29, 1.82) is 0 Å². The van der Waals surface area contributed by atoms with E-state index in [9.17, 15) is 0 Å². The third-order valence-corrected chi connectivity index (χ3v) is 4.37. The van der Waals surface area contributed by atoms with E-state index >= 15 is 0 Å². The zero-order valence-electron chi connectivity index (χ0n) is 12.4. The second-order valence-electron chi connectivity index (χ2n) is 5.74. The summed E-state index contributed by atoms with van der Waals surface area (Å²) in [6.45, 7) is 4.86. The van der Waals surface area contributed by atoms with Crippen LogP contribution in [0.5, 0.6) is 11.5 Å². The van der Waals surface area contributed by atoms with Crippen LogP contribution in [0.4, 0.5) is 0 Å². The van der Waals surface area contributed by atoms with E-state index in [4.69, 9.17) is 16.3 Å². The Balaban J connectivity index is 1.80. The minimum Gasteiger partial charge on any atom is -0.457 e. The van der Waals surface area contributed by atoms with Crippen molar-refractivity contribution in [1.82, 2.24) is 5.32 Å². The number of para-hydroxylation sites is 1. The number of hydrogen-bond acceptors (Lipinski definition) is 2. The van der Waals surface area contributed by atoms with Gasteiger partial charge in [0, 0.05) is 23.2 Å². The molecule has 2 aromatic carbocycles. The fraction of sp³-hybridized carbons (Fsp3) is 0.333. The van der Waals surface area contributed by atoms with Gasteiger partial charge in [-0.25, -0.2) is 0 Å². The number of nitrogens with one attached hydrogen (secondary N) is 1. The average Bonchev–Trinajstić information content (AvgIpc) is 3.28. The van der Waals surface area contributed by atoms with Crippen molar-refractivity contribution in [3.05, 3.63) is 58.1 Å². The van der Waals surface area contributed by atoms with Crippen LogP contribution in [0, 0.1) is 13.8 Å². The zero-order valence-corrected chi connectivity index (χ0v) is 13.2. The molecule has 2 aromatic rings. The molecule has 2 nitrogen and oxygen atoms in total. The highest BCUT2D eigenvalue weighted by Crippen LogP contribution is 2.31. The smallest absolute Gasteiger partial charge is 0.131 e. The standard InChI is InChI=1S/C18H20ClNO/c1-12-9-16(10-13(2)18(12)19)21-17-6-4-3-5-14(17)11-20-15-7-8-15/h3-6,9-10,15,20H,7-8,11H2,1-2H3. The zero-order chi connectivity index (χ0) is 14.8. The van der Waals surface area contributed by atoms with Gasteiger partial charge < -0.3 is 10.1 Å². The van der Waals surface area contributed by atoms with E-state index < -0.39 is 0 Å². The van der Waals surface area contributed by atoms with E-state index in [2.05, 4.69) is 17.4 Å². The van der Waals surface area contributed by atoms with Gasteiger partial charge in [0.25, 0.3) is 0 Å². The maximum Gasteiger partial charge on any atom is 0.131 e. The molecule has 3 rings (SSSR count). The molecule has 0 spiro atoms. The van der Waals surface area contributed by atoms with Gasteiger partial charge in [0.15, 0.2) is 0 Å². The molecule has 3 heteroatoms. The summed E-state index contributed by atoms with van der Waals surface area (Å²) in [5.41, 5.74) is 3.27. The van der Waals surface area contributed by atoms with Crippen LogP contribution >= 0.6 is 11.6 Å². The minimum atomic E-state index is 0.693. The molecular formula is C18H20ClNO. The maximum absolute atomic E-state index is 6.21. The molecule has 0 aromatic heterocycles. The van der Waals surface area contributed by atoms with E-state index in [-0.39, 0.29) is 0 Å². The first-order valence-electron chi connectivity index (χ1n) is 7.39. The Hall–Kier alpha value is -1.51. The van der Waals surface area contributed by atoms with Gasteiger partial charge in [-0.3, -0.25) is 0 Å². The highest BCUT2D eigenvalue weighted by molar-refractivity contribution is 6.32. The van der Waals surface area contributed by atoms with Crippen LogP contribution in [0.15, 0.2) is 36.4 Å². The van der Waals surface area contributed by atoms with Crippen molar-refractivity contribution in [2.75, 3.05) is 0 Å². The molecule has 0 atom stereocenters. The Morgan fingerprint density at radius 3 is 2.48 bits per heavy atom. The minimum absolute atomic E-state index is 0.693. The van der Waals surface area contributed by atoms with E-state index in [1.54, 1.807) is 0 Å². The van der Waals surface area contributed by atoms with Gasteiger partial charge in [0.1, 0.15) is 11.5 Å². The molecule has 1 fully saturated rings. The number of hydrogen-bond donors (Lipinski definition) is 1. The summed E-state index contributed by atoms with van der Waals surface area (Å²) >= 11 is 6.21. The van der Waals surface area contributed by atoms with Gasteiger partial charge >= 0.3 is 0 Å². The lowest BCUT2D eigenvalue weighted by atomic mass is 10.1. The van der Waals surface area contributed by atoms with Crippen molar-refractivity contribution in [3.8, 4) is 11.5 Å². The van der Waals surface area contributed by atoms with E-state index in [0.717, 1.165) is 34.2 Å². The summed E-state index contributed by atoms with van der Waals surface area (Å²) in [5.74, 6) is 1.75. The quantitative estimate of drug-likeness (QED) is 0.839. The number of halogens is 1. The van der Waals surface area contributed by atoms with Crippen LogP contribution in [0.1, 0.15) is 29.5 Å². The Labute approximate surface area is 131 Å². The molecule has 0 aliphatic heterocycles. The lowest BCUT2D eigenvalue weighted by molar-refractivity contribution is 0.472. The van der Waals surface area contributed by atoms with Crippen molar-refractivity contribution in [2.24, 2.45) is 0 Å². The average molecular weight is 302 g/mol. The summed E-state index contributed by atoms with van der Waals surface area (Å²) in [7, 11) is 0. The van der Waals surface area contributed by atoms with E-state index in [1.165, 1.54) is 18.4 Å². The van der Waals surface area contributed by atoms with Gasteiger partial charge in [0.2, 0.25) is 0 Å². The molecular weight excluding hydrogens is 282 g/mol. The lowest BCUT2D eigenvalue weighted by Gasteiger charge is -2.13. The molecule has 0 amide bonds. The highest BCUT2D eigenvalue weighted by atomic mass is 35.5. The molecule has 0 heterocycles. The first kappa shape index (κ1) is 14.4. The summed E-state index contributed by atoms with van der Waals surface area (Å²) < 4.78 is 6.08. The monoisotopic (exact) mass is 301 g/mol. The Morgan fingerprint density at radius 1 is 1.14 bits per heavy atom. The molecule has 1 N–H and O–H groups in total. The first-order chi connectivity index (χ1) is 10.1. The van der Waals surface area contributed by atoms with Crippen LogP contribution in [0.25, 0.3) is 0 Å². The van der Waals surface area contributed by atoms with Crippen LogP contribution in [-0.2, 0) is 6.54 Å². The number of aryl methyl sites for hydroxylation is 2. The predicted molar refractivity (Wildman–Crippen MR) is 87.3 cm³/mol.